The molecule has 0 bridgehead atoms. The molecule has 0 saturated heterocycles. The molecule has 0 spiro atoms. The summed E-state index contributed by atoms with van der Waals surface area (Å²) in [5.74, 6) is -0.124. The van der Waals surface area contributed by atoms with Crippen molar-refractivity contribution in [1.82, 2.24) is 5.43 Å². The number of hydrazone groups is 1. The molecule has 142 valence electrons. The number of anilines is 1. The summed E-state index contributed by atoms with van der Waals surface area (Å²) in [7, 11) is 0. The third-order valence-corrected chi connectivity index (χ3v) is 3.73. The number of amides is 1. The van der Waals surface area contributed by atoms with Gasteiger partial charge < -0.3 is 10.1 Å². The van der Waals surface area contributed by atoms with Crippen LogP contribution in [0.3, 0.4) is 0 Å². The highest BCUT2D eigenvalue weighted by Crippen LogP contribution is 2.28. The first kappa shape index (κ1) is 19.9. The Bertz CT molecular complexity index is 847. The summed E-state index contributed by atoms with van der Waals surface area (Å²) in [6.07, 6.45) is 0. The molecule has 8 nitrogen and oxygen atoms in total. The van der Waals surface area contributed by atoms with E-state index in [0.29, 0.717) is 17.9 Å². The molecule has 2 aromatic carbocycles. The molecule has 27 heavy (non-hydrogen) atoms. The monoisotopic (exact) mass is 370 g/mol. The van der Waals surface area contributed by atoms with Crippen molar-refractivity contribution in [2.45, 2.75) is 20.8 Å². The lowest BCUT2D eigenvalue weighted by Gasteiger charge is -2.08. The first-order valence-corrected chi connectivity index (χ1v) is 8.46. The minimum absolute atomic E-state index is 0.0588. The van der Waals surface area contributed by atoms with E-state index in [1.54, 1.807) is 19.9 Å². The second-order valence-corrected chi connectivity index (χ2v) is 5.82. The number of carbonyl (C=O) groups excluding carboxylic acids is 1. The molecule has 8 heteroatoms. The van der Waals surface area contributed by atoms with Crippen molar-refractivity contribution in [3.8, 4) is 5.75 Å². The molecule has 0 unspecified atom stereocenters. The average molecular weight is 370 g/mol. The number of benzene rings is 2. The number of nitro groups is 1. The third-order valence-electron chi connectivity index (χ3n) is 3.73. The lowest BCUT2D eigenvalue weighted by atomic mass is 10.1. The van der Waals surface area contributed by atoms with E-state index in [2.05, 4.69) is 15.8 Å². The van der Waals surface area contributed by atoms with Crippen molar-refractivity contribution in [1.29, 1.82) is 0 Å². The van der Waals surface area contributed by atoms with E-state index in [9.17, 15) is 14.9 Å². The molecule has 0 aliphatic heterocycles. The molecule has 0 radical (unpaired) electrons. The number of carbonyl (C=O) groups is 1. The van der Waals surface area contributed by atoms with Gasteiger partial charge in [0.25, 0.3) is 5.91 Å². The Kier molecular flexibility index (Phi) is 6.87. The molecule has 2 N–H and O–H groups in total. The number of aryl methyl sites for hydroxylation is 1. The molecule has 0 aromatic heterocycles. The Labute approximate surface area is 157 Å². The minimum Gasteiger partial charge on any atom is -0.487 e. The normalized spacial score (nSPS) is 11.0. The van der Waals surface area contributed by atoms with Crippen LogP contribution in [-0.4, -0.2) is 29.7 Å². The number of ether oxygens (including phenoxy) is 1. The molecule has 0 aliphatic carbocycles. The molecule has 0 saturated carbocycles. The van der Waals surface area contributed by atoms with Gasteiger partial charge in [0.1, 0.15) is 0 Å². The number of rotatable bonds is 8. The van der Waals surface area contributed by atoms with E-state index in [-0.39, 0.29) is 23.9 Å². The van der Waals surface area contributed by atoms with Crippen LogP contribution in [0.4, 0.5) is 11.4 Å². The third kappa shape index (κ3) is 5.81. The van der Waals surface area contributed by atoms with E-state index in [1.165, 1.54) is 12.1 Å². The van der Waals surface area contributed by atoms with Crippen molar-refractivity contribution in [2.24, 2.45) is 5.10 Å². The molecule has 2 rings (SSSR count). The van der Waals surface area contributed by atoms with Crippen LogP contribution < -0.4 is 15.5 Å². The van der Waals surface area contributed by atoms with Gasteiger partial charge in [-0.25, -0.2) is 5.43 Å². The number of hydrogen-bond donors (Lipinski definition) is 2. The highest BCUT2D eigenvalue weighted by Gasteiger charge is 2.16. The lowest BCUT2D eigenvalue weighted by Crippen LogP contribution is -2.26. The fraction of sp³-hybridized carbons (Fsp3) is 0.263. The zero-order valence-electron chi connectivity index (χ0n) is 15.5. The largest absolute Gasteiger partial charge is 0.487 e. The maximum absolute atomic E-state index is 11.9. The Balaban J connectivity index is 1.99. The van der Waals surface area contributed by atoms with Crippen LogP contribution in [0.25, 0.3) is 0 Å². The van der Waals surface area contributed by atoms with Crippen molar-refractivity contribution >= 4 is 23.0 Å². The van der Waals surface area contributed by atoms with Crippen LogP contribution in [0.15, 0.2) is 47.6 Å². The summed E-state index contributed by atoms with van der Waals surface area (Å²) < 4.78 is 5.25. The summed E-state index contributed by atoms with van der Waals surface area (Å²) in [5, 5.41) is 18.2. The first-order chi connectivity index (χ1) is 12.9. The van der Waals surface area contributed by atoms with E-state index in [4.69, 9.17) is 4.74 Å². The molecular weight excluding hydrogens is 348 g/mol. The van der Waals surface area contributed by atoms with Crippen molar-refractivity contribution < 1.29 is 14.5 Å². The Morgan fingerprint density at radius 2 is 1.93 bits per heavy atom. The quantitative estimate of drug-likeness (QED) is 0.421. The van der Waals surface area contributed by atoms with Crippen molar-refractivity contribution in [3.63, 3.8) is 0 Å². The predicted molar refractivity (Wildman–Crippen MR) is 104 cm³/mol. The van der Waals surface area contributed by atoms with Crippen LogP contribution in [0.2, 0.25) is 0 Å². The lowest BCUT2D eigenvalue weighted by molar-refractivity contribution is -0.385. The maximum Gasteiger partial charge on any atom is 0.311 e. The fourth-order valence-corrected chi connectivity index (χ4v) is 2.27. The molecular formula is C19H22N4O4. The van der Waals surface area contributed by atoms with Crippen molar-refractivity contribution in [2.75, 3.05) is 18.5 Å². The zero-order chi connectivity index (χ0) is 19.8. The summed E-state index contributed by atoms with van der Waals surface area (Å²) in [6, 6.07) is 12.2. The van der Waals surface area contributed by atoms with Gasteiger partial charge in [-0.2, -0.15) is 5.10 Å². The van der Waals surface area contributed by atoms with Gasteiger partial charge in [0, 0.05) is 17.3 Å². The van der Waals surface area contributed by atoms with Gasteiger partial charge in [-0.15, -0.1) is 0 Å². The van der Waals surface area contributed by atoms with Gasteiger partial charge in [-0.1, -0.05) is 17.7 Å². The Morgan fingerprint density at radius 1 is 1.22 bits per heavy atom. The second-order valence-electron chi connectivity index (χ2n) is 5.82. The van der Waals surface area contributed by atoms with Gasteiger partial charge in [0.15, 0.2) is 5.75 Å². The minimum atomic E-state index is -0.508. The summed E-state index contributed by atoms with van der Waals surface area (Å²) in [4.78, 5) is 22.6. The summed E-state index contributed by atoms with van der Waals surface area (Å²) in [5.41, 5.74) is 5.23. The number of hydrogen-bond acceptors (Lipinski definition) is 6. The molecule has 0 heterocycles. The summed E-state index contributed by atoms with van der Waals surface area (Å²) in [6.45, 7) is 5.79. The molecule has 1 amide bonds. The SMILES string of the molecule is CCOc1ccc(/C(C)=N\NC(=O)CNc2ccc(C)cc2)cc1[N+](=O)[O-]. The van der Waals surface area contributed by atoms with E-state index < -0.39 is 4.92 Å². The van der Waals surface area contributed by atoms with Crippen LogP contribution >= 0.6 is 0 Å². The van der Waals surface area contributed by atoms with E-state index in [1.807, 2.05) is 31.2 Å². The van der Waals surface area contributed by atoms with Crippen LogP contribution in [0.5, 0.6) is 5.75 Å². The topological polar surface area (TPSA) is 106 Å². The predicted octanol–water partition coefficient (Wildman–Crippen LogP) is 3.25. The van der Waals surface area contributed by atoms with Gasteiger partial charge in [0.05, 0.1) is 23.8 Å². The molecule has 0 atom stereocenters. The number of nitro benzene ring substituents is 1. The van der Waals surface area contributed by atoms with Gasteiger partial charge in [0.2, 0.25) is 0 Å². The smallest absolute Gasteiger partial charge is 0.311 e. The average Bonchev–Trinajstić information content (AvgIpc) is 2.66. The Morgan fingerprint density at radius 3 is 2.56 bits per heavy atom. The fourth-order valence-electron chi connectivity index (χ4n) is 2.27. The number of nitrogens with zero attached hydrogens (tertiary/aromatic N) is 2. The molecule has 0 aliphatic rings. The van der Waals surface area contributed by atoms with E-state index in [0.717, 1.165) is 11.3 Å². The standard InChI is InChI=1S/C19H22N4O4/c1-4-27-18-10-7-15(11-17(18)23(25)26)14(3)21-22-19(24)12-20-16-8-5-13(2)6-9-16/h5-11,20H,4,12H2,1-3H3,(H,22,24)/b21-14-. The van der Waals surface area contributed by atoms with Gasteiger partial charge >= 0.3 is 5.69 Å². The first-order valence-electron chi connectivity index (χ1n) is 8.46. The van der Waals surface area contributed by atoms with E-state index >= 15 is 0 Å². The van der Waals surface area contributed by atoms with Crippen LogP contribution in [0, 0.1) is 17.0 Å². The van der Waals surface area contributed by atoms with Gasteiger partial charge in [-0.05, 0) is 45.0 Å². The highest BCUT2D eigenvalue weighted by molar-refractivity contribution is 6.00. The molecule has 2 aromatic rings. The maximum atomic E-state index is 11.9. The molecule has 0 fully saturated rings. The van der Waals surface area contributed by atoms with Crippen molar-refractivity contribution in [3.05, 3.63) is 63.7 Å². The Hall–Kier alpha value is -3.42. The number of nitrogens with one attached hydrogen (secondary N) is 2. The highest BCUT2D eigenvalue weighted by atomic mass is 16.6. The second kappa shape index (κ2) is 9.33. The van der Waals surface area contributed by atoms with Crippen LogP contribution in [-0.2, 0) is 4.79 Å². The van der Waals surface area contributed by atoms with Gasteiger partial charge in [-0.3, -0.25) is 14.9 Å². The summed E-state index contributed by atoms with van der Waals surface area (Å²) >= 11 is 0. The zero-order valence-corrected chi connectivity index (χ0v) is 15.5. The van der Waals surface area contributed by atoms with Crippen LogP contribution in [0.1, 0.15) is 25.0 Å².